The van der Waals surface area contributed by atoms with E-state index >= 15 is 0 Å². The van der Waals surface area contributed by atoms with Crippen molar-refractivity contribution in [3.05, 3.63) is 53.9 Å². The Morgan fingerprint density at radius 2 is 2.00 bits per heavy atom. The van der Waals surface area contributed by atoms with Crippen LogP contribution in [0.4, 0.5) is 0 Å². The molecule has 1 aromatic carbocycles. The molecule has 1 aliphatic heterocycles. The fraction of sp³-hybridized carbons (Fsp3) is 0.389. The number of amides is 1. The van der Waals surface area contributed by atoms with Crippen LogP contribution in [0.5, 0.6) is 0 Å². The van der Waals surface area contributed by atoms with E-state index < -0.39 is 12.0 Å². The summed E-state index contributed by atoms with van der Waals surface area (Å²) in [5, 5.41) is 13.0. The number of carboxylic acids is 1. The molecule has 24 heavy (non-hydrogen) atoms. The van der Waals surface area contributed by atoms with Crippen molar-refractivity contribution in [2.75, 3.05) is 6.54 Å². The van der Waals surface area contributed by atoms with Gasteiger partial charge in [0.25, 0.3) is 0 Å². The Kier molecular flexibility index (Phi) is 4.64. The van der Waals surface area contributed by atoms with Crippen molar-refractivity contribution in [2.24, 2.45) is 0 Å². The summed E-state index contributed by atoms with van der Waals surface area (Å²) in [5.74, 6) is -1.07. The summed E-state index contributed by atoms with van der Waals surface area (Å²) in [7, 11) is 0. The van der Waals surface area contributed by atoms with E-state index in [4.69, 9.17) is 5.11 Å². The van der Waals surface area contributed by atoms with Gasteiger partial charge in [0.15, 0.2) is 0 Å². The van der Waals surface area contributed by atoms with Crippen molar-refractivity contribution in [2.45, 2.75) is 38.3 Å². The number of aromatic nitrogens is 2. The number of hydrogen-bond donors (Lipinski definition) is 1. The first kappa shape index (κ1) is 16.2. The van der Waals surface area contributed by atoms with Crippen molar-refractivity contribution in [3.8, 4) is 0 Å². The van der Waals surface area contributed by atoms with Crippen LogP contribution in [0.15, 0.2) is 42.7 Å². The van der Waals surface area contributed by atoms with Crippen LogP contribution >= 0.6 is 0 Å². The lowest BCUT2D eigenvalue weighted by Crippen LogP contribution is -2.42. The van der Waals surface area contributed by atoms with E-state index in [-0.39, 0.29) is 17.5 Å². The van der Waals surface area contributed by atoms with Crippen LogP contribution in [0.2, 0.25) is 0 Å². The van der Waals surface area contributed by atoms with Gasteiger partial charge in [-0.1, -0.05) is 30.3 Å². The third-order valence-electron chi connectivity index (χ3n) is 4.57. The number of hydrogen-bond acceptors (Lipinski definition) is 3. The Labute approximate surface area is 140 Å². The van der Waals surface area contributed by atoms with Crippen LogP contribution in [0.3, 0.4) is 0 Å². The lowest BCUT2D eigenvalue weighted by atomic mass is 9.94. The Morgan fingerprint density at radius 3 is 2.67 bits per heavy atom. The topological polar surface area (TPSA) is 75.4 Å². The lowest BCUT2D eigenvalue weighted by Gasteiger charge is -2.37. The number of carbonyl (C=O) groups excluding carboxylic acids is 1. The molecule has 126 valence electrons. The third-order valence-corrected chi connectivity index (χ3v) is 4.57. The number of aromatic carboxylic acids is 1. The molecule has 1 saturated heterocycles. The number of likely N-dealkylation sites (tertiary alicyclic amines) is 1. The number of rotatable bonds is 4. The summed E-state index contributed by atoms with van der Waals surface area (Å²) >= 11 is 0. The standard InChI is InChI=1S/C18H21N3O3/c1-13(21-12-15(11-19-21)18(23)24)17(22)20-10-6-5-9-16(20)14-7-3-2-4-8-14/h2-4,7-8,11-13,16H,5-6,9-10H2,1H3,(H,23,24). The van der Waals surface area contributed by atoms with Gasteiger partial charge in [-0.2, -0.15) is 5.10 Å². The summed E-state index contributed by atoms with van der Waals surface area (Å²) < 4.78 is 1.43. The Balaban J connectivity index is 1.81. The van der Waals surface area contributed by atoms with Gasteiger partial charge in [-0.25, -0.2) is 4.79 Å². The zero-order chi connectivity index (χ0) is 17.1. The van der Waals surface area contributed by atoms with Gasteiger partial charge < -0.3 is 10.0 Å². The summed E-state index contributed by atoms with van der Waals surface area (Å²) in [6.45, 7) is 2.48. The number of carbonyl (C=O) groups is 2. The predicted octanol–water partition coefficient (Wildman–Crippen LogP) is 2.90. The fourth-order valence-electron chi connectivity index (χ4n) is 3.23. The molecule has 0 aliphatic carbocycles. The quantitative estimate of drug-likeness (QED) is 0.937. The van der Waals surface area contributed by atoms with E-state index in [0.29, 0.717) is 0 Å². The minimum absolute atomic E-state index is 0.0245. The summed E-state index contributed by atoms with van der Waals surface area (Å²) in [5.41, 5.74) is 1.23. The van der Waals surface area contributed by atoms with E-state index in [1.165, 1.54) is 17.1 Å². The first-order valence-electron chi connectivity index (χ1n) is 8.21. The van der Waals surface area contributed by atoms with E-state index in [2.05, 4.69) is 17.2 Å². The van der Waals surface area contributed by atoms with Gasteiger partial charge in [-0.15, -0.1) is 0 Å². The maximum Gasteiger partial charge on any atom is 0.338 e. The van der Waals surface area contributed by atoms with Gasteiger partial charge in [-0.05, 0) is 31.7 Å². The number of piperidine rings is 1. The van der Waals surface area contributed by atoms with Crippen LogP contribution in [0.1, 0.15) is 54.2 Å². The van der Waals surface area contributed by atoms with Crippen molar-refractivity contribution < 1.29 is 14.7 Å². The highest BCUT2D eigenvalue weighted by Gasteiger charge is 2.31. The highest BCUT2D eigenvalue weighted by Crippen LogP contribution is 2.32. The molecule has 2 heterocycles. The molecule has 1 fully saturated rings. The fourth-order valence-corrected chi connectivity index (χ4v) is 3.23. The SMILES string of the molecule is CC(C(=O)N1CCCCC1c1ccccc1)n1cc(C(=O)O)cn1. The van der Waals surface area contributed by atoms with Crippen LogP contribution < -0.4 is 0 Å². The molecule has 1 aliphatic rings. The molecule has 3 rings (SSSR count). The van der Waals surface area contributed by atoms with E-state index in [1.807, 2.05) is 23.1 Å². The van der Waals surface area contributed by atoms with E-state index in [9.17, 15) is 9.59 Å². The Hall–Kier alpha value is -2.63. The van der Waals surface area contributed by atoms with Crippen LogP contribution in [-0.2, 0) is 4.79 Å². The van der Waals surface area contributed by atoms with Crippen molar-refractivity contribution in [3.63, 3.8) is 0 Å². The molecular formula is C18H21N3O3. The number of carboxylic acid groups (broad SMARTS) is 1. The average molecular weight is 327 g/mol. The van der Waals surface area contributed by atoms with Crippen LogP contribution in [-0.4, -0.2) is 38.2 Å². The molecule has 0 saturated carbocycles. The monoisotopic (exact) mass is 327 g/mol. The van der Waals surface area contributed by atoms with E-state index in [1.54, 1.807) is 6.92 Å². The molecule has 2 aromatic rings. The predicted molar refractivity (Wildman–Crippen MR) is 88.6 cm³/mol. The average Bonchev–Trinajstić information content (AvgIpc) is 3.11. The van der Waals surface area contributed by atoms with Gasteiger partial charge in [0.05, 0.1) is 17.8 Å². The third kappa shape index (κ3) is 3.18. The highest BCUT2D eigenvalue weighted by molar-refractivity contribution is 5.87. The minimum atomic E-state index is -1.04. The molecule has 0 radical (unpaired) electrons. The summed E-state index contributed by atoms with van der Waals surface area (Å²) in [6, 6.07) is 9.60. The van der Waals surface area contributed by atoms with Crippen LogP contribution in [0.25, 0.3) is 0 Å². The molecule has 6 nitrogen and oxygen atoms in total. The number of nitrogens with zero attached hydrogens (tertiary/aromatic N) is 3. The van der Waals surface area contributed by atoms with Crippen molar-refractivity contribution in [1.29, 1.82) is 0 Å². The summed E-state index contributed by atoms with van der Waals surface area (Å²) in [4.78, 5) is 25.9. The first-order valence-corrected chi connectivity index (χ1v) is 8.21. The second kappa shape index (κ2) is 6.86. The first-order chi connectivity index (χ1) is 11.6. The molecule has 1 aromatic heterocycles. The van der Waals surface area contributed by atoms with Crippen LogP contribution in [0, 0.1) is 0 Å². The molecule has 2 atom stereocenters. The molecule has 0 spiro atoms. The largest absolute Gasteiger partial charge is 0.478 e. The Bertz CT molecular complexity index is 726. The maximum absolute atomic E-state index is 13.0. The number of benzene rings is 1. The zero-order valence-corrected chi connectivity index (χ0v) is 13.6. The molecular weight excluding hydrogens is 306 g/mol. The lowest BCUT2D eigenvalue weighted by molar-refractivity contribution is -0.138. The van der Waals surface area contributed by atoms with Gasteiger partial charge >= 0.3 is 5.97 Å². The minimum Gasteiger partial charge on any atom is -0.478 e. The smallest absolute Gasteiger partial charge is 0.338 e. The van der Waals surface area contributed by atoms with Gasteiger partial charge in [-0.3, -0.25) is 9.48 Å². The van der Waals surface area contributed by atoms with Crippen molar-refractivity contribution in [1.82, 2.24) is 14.7 Å². The zero-order valence-electron chi connectivity index (χ0n) is 13.6. The van der Waals surface area contributed by atoms with Gasteiger partial charge in [0.1, 0.15) is 6.04 Å². The molecule has 2 unspecified atom stereocenters. The molecule has 6 heteroatoms. The second-order valence-electron chi connectivity index (χ2n) is 6.14. The summed E-state index contributed by atoms with van der Waals surface area (Å²) in [6.07, 6.45) is 5.72. The van der Waals surface area contributed by atoms with Crippen molar-refractivity contribution >= 4 is 11.9 Å². The molecule has 1 amide bonds. The molecule has 1 N–H and O–H groups in total. The Morgan fingerprint density at radius 1 is 1.25 bits per heavy atom. The van der Waals surface area contributed by atoms with Gasteiger partial charge in [0.2, 0.25) is 5.91 Å². The highest BCUT2D eigenvalue weighted by atomic mass is 16.4. The maximum atomic E-state index is 13.0. The second-order valence-corrected chi connectivity index (χ2v) is 6.14. The molecule has 0 bridgehead atoms. The van der Waals surface area contributed by atoms with E-state index in [0.717, 1.165) is 31.4 Å². The van der Waals surface area contributed by atoms with Gasteiger partial charge in [0, 0.05) is 12.7 Å². The normalized spacial score (nSPS) is 19.0.